The zero-order chi connectivity index (χ0) is 18.8. The Balaban J connectivity index is 1.79. The van der Waals surface area contributed by atoms with Crippen LogP contribution in [0.5, 0.6) is 5.75 Å². The topological polar surface area (TPSA) is 91.8 Å². The molecule has 138 valence electrons. The number of anilines is 1. The lowest BCUT2D eigenvalue weighted by Gasteiger charge is -2.29. The number of hydrogen-bond acceptors (Lipinski definition) is 6. The van der Waals surface area contributed by atoms with Gasteiger partial charge >= 0.3 is 5.97 Å². The molecule has 0 spiro atoms. The first kappa shape index (κ1) is 18.3. The molecule has 0 aliphatic carbocycles. The van der Waals surface area contributed by atoms with Gasteiger partial charge in [0.2, 0.25) is 0 Å². The Labute approximate surface area is 155 Å². The molecule has 0 unspecified atom stereocenters. The molecule has 0 saturated carbocycles. The van der Waals surface area contributed by atoms with Crippen LogP contribution < -0.4 is 10.1 Å². The summed E-state index contributed by atoms with van der Waals surface area (Å²) in [6.45, 7) is 6.05. The third kappa shape index (κ3) is 3.86. The fourth-order valence-electron chi connectivity index (χ4n) is 2.85. The molecule has 3 rings (SSSR count). The van der Waals surface area contributed by atoms with E-state index in [1.54, 1.807) is 6.07 Å². The van der Waals surface area contributed by atoms with Crippen molar-refractivity contribution in [2.45, 2.75) is 32.9 Å². The van der Waals surface area contributed by atoms with Gasteiger partial charge in [-0.1, -0.05) is 0 Å². The second-order valence-corrected chi connectivity index (χ2v) is 7.50. The zero-order valence-corrected chi connectivity index (χ0v) is 15.7. The summed E-state index contributed by atoms with van der Waals surface area (Å²) in [4.78, 5) is 31.7. The van der Waals surface area contributed by atoms with Gasteiger partial charge < -0.3 is 15.2 Å². The molecule has 1 amide bonds. The van der Waals surface area contributed by atoms with Crippen LogP contribution in [0.15, 0.2) is 18.2 Å². The summed E-state index contributed by atoms with van der Waals surface area (Å²) >= 11 is 1.39. The van der Waals surface area contributed by atoms with Crippen molar-refractivity contribution in [3.63, 3.8) is 0 Å². The lowest BCUT2D eigenvalue weighted by atomic mass is 10.1. The van der Waals surface area contributed by atoms with Crippen molar-refractivity contribution < 1.29 is 19.4 Å². The summed E-state index contributed by atoms with van der Waals surface area (Å²) in [6.07, 6.45) is 0.833. The summed E-state index contributed by atoms with van der Waals surface area (Å²) in [5, 5.41) is 12.3. The van der Waals surface area contributed by atoms with Crippen molar-refractivity contribution >= 4 is 28.9 Å². The van der Waals surface area contributed by atoms with E-state index >= 15 is 0 Å². The Kier molecular flexibility index (Phi) is 5.24. The van der Waals surface area contributed by atoms with E-state index in [-0.39, 0.29) is 11.5 Å². The number of amides is 1. The molecule has 2 aromatic rings. The summed E-state index contributed by atoms with van der Waals surface area (Å²) in [5.74, 6) is -1.06. The van der Waals surface area contributed by atoms with Crippen LogP contribution >= 0.6 is 11.3 Å². The molecular weight excluding hydrogens is 354 g/mol. The highest BCUT2D eigenvalue weighted by Gasteiger charge is 2.24. The predicted molar refractivity (Wildman–Crippen MR) is 99.3 cm³/mol. The quantitative estimate of drug-likeness (QED) is 0.835. The molecule has 8 heteroatoms. The van der Waals surface area contributed by atoms with E-state index in [0.717, 1.165) is 30.1 Å². The molecule has 7 nitrogen and oxygen atoms in total. The van der Waals surface area contributed by atoms with Gasteiger partial charge in [-0.25, -0.2) is 9.78 Å². The molecule has 0 saturated heterocycles. The molecule has 0 fully saturated rings. The number of methoxy groups -OCH3 is 1. The number of aromatic nitrogens is 1. The molecule has 26 heavy (non-hydrogen) atoms. The Morgan fingerprint density at radius 3 is 2.77 bits per heavy atom. The van der Waals surface area contributed by atoms with Crippen molar-refractivity contribution in [2.24, 2.45) is 0 Å². The van der Waals surface area contributed by atoms with Crippen molar-refractivity contribution in [3.05, 3.63) is 39.3 Å². The minimum absolute atomic E-state index is 0.0469. The first-order chi connectivity index (χ1) is 12.4. The lowest BCUT2D eigenvalue weighted by molar-refractivity contribution is 0.0696. The van der Waals surface area contributed by atoms with Crippen molar-refractivity contribution in [1.29, 1.82) is 0 Å². The first-order valence-electron chi connectivity index (χ1n) is 8.33. The molecule has 2 N–H and O–H groups in total. The van der Waals surface area contributed by atoms with E-state index in [1.165, 1.54) is 30.6 Å². The Morgan fingerprint density at radius 2 is 2.12 bits per heavy atom. The van der Waals surface area contributed by atoms with Gasteiger partial charge in [0.05, 0.1) is 18.4 Å². The van der Waals surface area contributed by atoms with Crippen molar-refractivity contribution in [1.82, 2.24) is 9.88 Å². The number of hydrogen-bond donors (Lipinski definition) is 2. The maximum absolute atomic E-state index is 12.6. The van der Waals surface area contributed by atoms with Gasteiger partial charge in [0.15, 0.2) is 5.01 Å². The lowest BCUT2D eigenvalue weighted by Crippen LogP contribution is -2.35. The van der Waals surface area contributed by atoms with Gasteiger partial charge in [0.25, 0.3) is 5.91 Å². The number of nitrogens with zero attached hydrogens (tertiary/aromatic N) is 2. The predicted octanol–water partition coefficient (Wildman–Crippen LogP) is 2.87. The molecular formula is C18H21N3O4S. The summed E-state index contributed by atoms with van der Waals surface area (Å²) < 4.78 is 5.10. The average molecular weight is 375 g/mol. The highest BCUT2D eigenvalue weighted by Crippen LogP contribution is 2.27. The highest BCUT2D eigenvalue weighted by atomic mass is 32.1. The van der Waals surface area contributed by atoms with Crippen LogP contribution in [0.2, 0.25) is 0 Å². The van der Waals surface area contributed by atoms with Crippen molar-refractivity contribution in [3.8, 4) is 5.75 Å². The molecule has 0 bridgehead atoms. The number of aromatic carboxylic acids is 1. The standard InChI is InChI=1S/C18H21N3O4S/c1-10(2)21-5-4-14-15(9-21)26-17(20-14)16(22)19-12-6-11(18(23)24)7-13(8-12)25-3/h6-8,10H,4-5,9H2,1-3H3,(H,19,22)(H,23,24). The Morgan fingerprint density at radius 1 is 1.35 bits per heavy atom. The molecule has 2 heterocycles. The second kappa shape index (κ2) is 7.43. The first-order valence-corrected chi connectivity index (χ1v) is 9.15. The van der Waals surface area contributed by atoms with E-state index in [9.17, 15) is 14.7 Å². The number of carboxylic acid groups (broad SMARTS) is 1. The number of nitrogens with one attached hydrogen (secondary N) is 1. The Bertz CT molecular complexity index is 847. The van der Waals surface area contributed by atoms with Crippen LogP contribution in [0.3, 0.4) is 0 Å². The molecule has 1 aliphatic heterocycles. The zero-order valence-electron chi connectivity index (χ0n) is 14.9. The normalized spacial score (nSPS) is 14.2. The number of carboxylic acids is 1. The Hall–Kier alpha value is -2.45. The van der Waals surface area contributed by atoms with Gasteiger partial charge in [-0.2, -0.15) is 0 Å². The second-order valence-electron chi connectivity index (χ2n) is 6.41. The van der Waals surface area contributed by atoms with Crippen LogP contribution in [-0.4, -0.2) is 46.6 Å². The van der Waals surface area contributed by atoms with Gasteiger partial charge in [0, 0.05) is 42.2 Å². The smallest absolute Gasteiger partial charge is 0.335 e. The third-order valence-electron chi connectivity index (χ3n) is 4.33. The van der Waals surface area contributed by atoms with Crippen LogP contribution in [0.1, 0.15) is 44.6 Å². The summed E-state index contributed by atoms with van der Waals surface area (Å²) in [5.41, 5.74) is 1.39. The maximum Gasteiger partial charge on any atom is 0.335 e. The largest absolute Gasteiger partial charge is 0.497 e. The van der Waals surface area contributed by atoms with Crippen LogP contribution in [0.4, 0.5) is 5.69 Å². The number of fused-ring (bicyclic) bond motifs is 1. The van der Waals surface area contributed by atoms with Crippen molar-refractivity contribution in [2.75, 3.05) is 19.0 Å². The molecule has 1 aromatic heterocycles. The number of rotatable bonds is 5. The van der Waals surface area contributed by atoms with E-state index in [2.05, 4.69) is 29.0 Å². The number of carbonyl (C=O) groups is 2. The fraction of sp³-hybridized carbons (Fsp3) is 0.389. The van der Waals surface area contributed by atoms with E-state index in [4.69, 9.17) is 4.74 Å². The maximum atomic E-state index is 12.6. The molecule has 1 aliphatic rings. The number of carbonyl (C=O) groups excluding carboxylic acids is 1. The SMILES string of the molecule is COc1cc(NC(=O)c2nc3c(s2)CN(C(C)C)CC3)cc(C(=O)O)c1. The van der Waals surface area contributed by atoms with Crippen LogP contribution in [0.25, 0.3) is 0 Å². The highest BCUT2D eigenvalue weighted by molar-refractivity contribution is 7.13. The van der Waals surface area contributed by atoms with Crippen LogP contribution in [-0.2, 0) is 13.0 Å². The van der Waals surface area contributed by atoms with Gasteiger partial charge in [0.1, 0.15) is 5.75 Å². The summed E-state index contributed by atoms with van der Waals surface area (Å²) in [6, 6.07) is 4.84. The number of ether oxygens (including phenoxy) is 1. The minimum Gasteiger partial charge on any atom is -0.497 e. The molecule has 1 aromatic carbocycles. The number of benzene rings is 1. The number of thiazole rings is 1. The van der Waals surface area contributed by atoms with Crippen LogP contribution in [0, 0.1) is 0 Å². The van der Waals surface area contributed by atoms with Gasteiger partial charge in [-0.05, 0) is 26.0 Å². The monoisotopic (exact) mass is 375 g/mol. The van der Waals surface area contributed by atoms with Gasteiger partial charge in [-0.15, -0.1) is 11.3 Å². The van der Waals surface area contributed by atoms with E-state index in [1.807, 2.05) is 0 Å². The molecule has 0 radical (unpaired) electrons. The minimum atomic E-state index is -1.09. The fourth-order valence-corrected chi connectivity index (χ4v) is 3.88. The molecule has 0 atom stereocenters. The average Bonchev–Trinajstić information content (AvgIpc) is 3.04. The van der Waals surface area contributed by atoms with E-state index in [0.29, 0.717) is 22.5 Å². The third-order valence-corrected chi connectivity index (χ3v) is 5.41. The summed E-state index contributed by atoms with van der Waals surface area (Å²) in [7, 11) is 1.45. The van der Waals surface area contributed by atoms with E-state index < -0.39 is 5.97 Å². The van der Waals surface area contributed by atoms with Gasteiger partial charge in [-0.3, -0.25) is 9.69 Å².